The molecule has 2 aromatic rings. The summed E-state index contributed by atoms with van der Waals surface area (Å²) in [5.74, 6) is -0.557. The number of para-hydroxylation sites is 1. The summed E-state index contributed by atoms with van der Waals surface area (Å²) in [4.78, 5) is 19.1. The molecule has 6 nitrogen and oxygen atoms in total. The van der Waals surface area contributed by atoms with Gasteiger partial charge in [0.25, 0.3) is 5.91 Å². The fraction of sp³-hybridized carbons (Fsp3) is 0.400. The van der Waals surface area contributed by atoms with Crippen molar-refractivity contribution in [1.29, 1.82) is 0 Å². The summed E-state index contributed by atoms with van der Waals surface area (Å²) < 4.78 is 47.4. The van der Waals surface area contributed by atoms with E-state index in [1.165, 1.54) is 18.2 Å². The van der Waals surface area contributed by atoms with Gasteiger partial charge in [-0.15, -0.1) is 13.2 Å². The van der Waals surface area contributed by atoms with E-state index in [1.54, 1.807) is 30.2 Å². The third-order valence-electron chi connectivity index (χ3n) is 5.18. The van der Waals surface area contributed by atoms with E-state index in [4.69, 9.17) is 4.74 Å². The molecule has 2 aliphatic rings. The highest BCUT2D eigenvalue weighted by Crippen LogP contribution is 2.35. The number of pyridine rings is 1. The Hall–Kier alpha value is -2.65. The number of carbonyl (C=O) groups is 1. The maximum atomic E-state index is 12.9. The number of hydrogen-bond acceptors (Lipinski definition) is 5. The molecule has 154 valence electrons. The van der Waals surface area contributed by atoms with Crippen LogP contribution in [0, 0.1) is 0 Å². The average molecular weight is 407 g/mol. The molecule has 3 heterocycles. The first-order valence-electron chi connectivity index (χ1n) is 9.24. The van der Waals surface area contributed by atoms with Crippen LogP contribution in [0.5, 0.6) is 5.75 Å². The first-order valence-corrected chi connectivity index (χ1v) is 9.24. The van der Waals surface area contributed by atoms with Crippen LogP contribution in [0.3, 0.4) is 0 Å². The highest BCUT2D eigenvalue weighted by atomic mass is 19.4. The zero-order valence-corrected chi connectivity index (χ0v) is 15.7. The number of ether oxygens (including phenoxy) is 2. The van der Waals surface area contributed by atoms with Crippen LogP contribution >= 0.6 is 0 Å². The summed E-state index contributed by atoms with van der Waals surface area (Å²) >= 11 is 0. The Kier molecular flexibility index (Phi) is 5.18. The highest BCUT2D eigenvalue weighted by molar-refractivity contribution is 5.97. The van der Waals surface area contributed by atoms with Gasteiger partial charge in [0.1, 0.15) is 11.4 Å². The quantitative estimate of drug-likeness (QED) is 0.826. The Morgan fingerprint density at radius 3 is 2.79 bits per heavy atom. The van der Waals surface area contributed by atoms with Crippen LogP contribution in [-0.2, 0) is 11.3 Å². The normalized spacial score (nSPS) is 21.5. The fourth-order valence-electron chi connectivity index (χ4n) is 3.89. The summed E-state index contributed by atoms with van der Waals surface area (Å²) in [6, 6.07) is 9.35. The molecule has 0 radical (unpaired) electrons. The molecule has 1 aromatic heterocycles. The Morgan fingerprint density at radius 2 is 2.03 bits per heavy atom. The van der Waals surface area contributed by atoms with Gasteiger partial charge in [0.2, 0.25) is 0 Å². The monoisotopic (exact) mass is 407 g/mol. The molecule has 0 unspecified atom stereocenters. The van der Waals surface area contributed by atoms with Crippen LogP contribution in [0.2, 0.25) is 0 Å². The SMILES string of the molecule is COC[C@@H]1C[C@@H](N2Cc3ccc(-c4ccccc4OC(F)(F)F)nc3C2=O)CN1. The topological polar surface area (TPSA) is 63.7 Å². The number of alkyl halides is 3. The summed E-state index contributed by atoms with van der Waals surface area (Å²) in [6.45, 7) is 1.68. The van der Waals surface area contributed by atoms with Crippen LogP contribution in [0.4, 0.5) is 13.2 Å². The number of nitrogens with one attached hydrogen (secondary N) is 1. The van der Waals surface area contributed by atoms with E-state index in [2.05, 4.69) is 15.0 Å². The van der Waals surface area contributed by atoms with Crippen molar-refractivity contribution in [2.24, 2.45) is 0 Å². The zero-order valence-electron chi connectivity index (χ0n) is 15.7. The molecule has 0 saturated carbocycles. The number of nitrogens with zero attached hydrogens (tertiary/aromatic N) is 2. The highest BCUT2D eigenvalue weighted by Gasteiger charge is 2.38. The minimum absolute atomic E-state index is 0.0288. The molecule has 1 saturated heterocycles. The van der Waals surface area contributed by atoms with E-state index in [9.17, 15) is 18.0 Å². The maximum Gasteiger partial charge on any atom is 0.573 e. The molecule has 2 atom stereocenters. The first-order chi connectivity index (χ1) is 13.9. The number of fused-ring (bicyclic) bond motifs is 1. The molecule has 0 aliphatic carbocycles. The van der Waals surface area contributed by atoms with Crippen LogP contribution in [-0.4, -0.2) is 54.5 Å². The van der Waals surface area contributed by atoms with Crippen molar-refractivity contribution in [3.8, 4) is 17.0 Å². The predicted octanol–water partition coefficient (Wildman–Crippen LogP) is 2.98. The van der Waals surface area contributed by atoms with Crippen molar-refractivity contribution < 1.29 is 27.4 Å². The summed E-state index contributed by atoms with van der Waals surface area (Å²) in [5, 5.41) is 3.34. The molecular weight excluding hydrogens is 387 g/mol. The lowest BCUT2D eigenvalue weighted by atomic mass is 10.1. The average Bonchev–Trinajstić information content (AvgIpc) is 3.26. The Morgan fingerprint density at radius 1 is 1.24 bits per heavy atom. The maximum absolute atomic E-state index is 12.9. The Labute approximate surface area is 165 Å². The van der Waals surface area contributed by atoms with E-state index in [1.807, 2.05) is 0 Å². The lowest BCUT2D eigenvalue weighted by Gasteiger charge is -2.22. The molecule has 2 aliphatic heterocycles. The smallest absolute Gasteiger partial charge is 0.405 e. The van der Waals surface area contributed by atoms with E-state index in [0.717, 1.165) is 12.0 Å². The number of amides is 1. The molecule has 0 spiro atoms. The Balaban J connectivity index is 1.58. The number of aromatic nitrogens is 1. The van der Waals surface area contributed by atoms with E-state index >= 15 is 0 Å². The van der Waals surface area contributed by atoms with Gasteiger partial charge in [0.15, 0.2) is 0 Å². The van der Waals surface area contributed by atoms with Gasteiger partial charge in [-0.2, -0.15) is 0 Å². The van der Waals surface area contributed by atoms with Gasteiger partial charge in [0, 0.05) is 43.4 Å². The molecule has 9 heteroatoms. The number of methoxy groups -OCH3 is 1. The number of rotatable bonds is 5. The molecule has 1 fully saturated rings. The van der Waals surface area contributed by atoms with Crippen molar-refractivity contribution in [3.05, 3.63) is 47.7 Å². The first kappa shape index (κ1) is 19.7. The predicted molar refractivity (Wildman–Crippen MR) is 98.3 cm³/mol. The largest absolute Gasteiger partial charge is 0.573 e. The van der Waals surface area contributed by atoms with Crippen LogP contribution in [0.1, 0.15) is 22.5 Å². The number of halogens is 3. The molecule has 0 bridgehead atoms. The van der Waals surface area contributed by atoms with E-state index in [0.29, 0.717) is 19.7 Å². The van der Waals surface area contributed by atoms with Crippen molar-refractivity contribution in [2.45, 2.75) is 31.4 Å². The van der Waals surface area contributed by atoms with E-state index in [-0.39, 0.29) is 40.7 Å². The lowest BCUT2D eigenvalue weighted by Crippen LogP contribution is -2.37. The summed E-state index contributed by atoms with van der Waals surface area (Å²) in [7, 11) is 1.64. The number of carbonyl (C=O) groups excluding carboxylic acids is 1. The molecule has 1 amide bonds. The van der Waals surface area contributed by atoms with Crippen LogP contribution in [0.15, 0.2) is 36.4 Å². The second kappa shape index (κ2) is 7.64. The van der Waals surface area contributed by atoms with Crippen molar-refractivity contribution in [1.82, 2.24) is 15.2 Å². The van der Waals surface area contributed by atoms with Gasteiger partial charge in [-0.3, -0.25) is 4.79 Å². The molecule has 4 rings (SSSR count). The fourth-order valence-corrected chi connectivity index (χ4v) is 3.89. The van der Waals surface area contributed by atoms with Gasteiger partial charge in [-0.05, 0) is 24.6 Å². The molecule has 29 heavy (non-hydrogen) atoms. The molecule has 1 aromatic carbocycles. The molecule has 1 N–H and O–H groups in total. The van der Waals surface area contributed by atoms with Gasteiger partial charge < -0.3 is 19.7 Å². The third-order valence-corrected chi connectivity index (χ3v) is 5.18. The second-order valence-corrected chi connectivity index (χ2v) is 7.13. The van der Waals surface area contributed by atoms with Crippen LogP contribution in [0.25, 0.3) is 11.3 Å². The van der Waals surface area contributed by atoms with Gasteiger partial charge in [-0.1, -0.05) is 18.2 Å². The summed E-state index contributed by atoms with van der Waals surface area (Å²) in [6.07, 6.45) is -4.03. The zero-order chi connectivity index (χ0) is 20.6. The lowest BCUT2D eigenvalue weighted by molar-refractivity contribution is -0.274. The van der Waals surface area contributed by atoms with Crippen LogP contribution < -0.4 is 10.1 Å². The second-order valence-electron chi connectivity index (χ2n) is 7.13. The minimum atomic E-state index is -4.81. The number of hydrogen-bond donors (Lipinski definition) is 1. The third kappa shape index (κ3) is 4.06. The Bertz CT molecular complexity index is 919. The van der Waals surface area contributed by atoms with E-state index < -0.39 is 6.36 Å². The van der Waals surface area contributed by atoms with Crippen molar-refractivity contribution >= 4 is 5.91 Å². The molecular formula is C20H20F3N3O3. The number of benzene rings is 1. The van der Waals surface area contributed by atoms with Gasteiger partial charge in [-0.25, -0.2) is 4.98 Å². The van der Waals surface area contributed by atoms with Crippen molar-refractivity contribution in [2.75, 3.05) is 20.3 Å². The summed E-state index contributed by atoms with van der Waals surface area (Å²) in [5.41, 5.74) is 1.49. The van der Waals surface area contributed by atoms with Gasteiger partial charge >= 0.3 is 6.36 Å². The van der Waals surface area contributed by atoms with Gasteiger partial charge in [0.05, 0.1) is 12.3 Å². The van der Waals surface area contributed by atoms with Crippen molar-refractivity contribution in [3.63, 3.8) is 0 Å². The minimum Gasteiger partial charge on any atom is -0.405 e. The standard InChI is InChI=1S/C20H20F3N3O3/c1-28-11-13-8-14(9-24-13)26-10-12-6-7-16(25-18(12)19(26)27)15-4-2-3-5-17(15)29-20(21,22)23/h2-7,13-14,24H,8-11H2,1H3/t13-,14+/m0/s1.